The standard InChI is InChI=1S/C16H22N2O3/c1-3-12-6-8-16(9-7-12,15(20)21)18-14(19)13-11(2)5-4-10-17-13/h4-5,10,12H,3,6-9H2,1-2H3,(H,18,19)(H,20,21). The molecule has 0 saturated heterocycles. The van der Waals surface area contributed by atoms with Crippen LogP contribution in [0.5, 0.6) is 0 Å². The number of pyridine rings is 1. The summed E-state index contributed by atoms with van der Waals surface area (Å²) >= 11 is 0. The van der Waals surface area contributed by atoms with E-state index < -0.39 is 17.4 Å². The fourth-order valence-electron chi connectivity index (χ4n) is 2.97. The number of nitrogens with one attached hydrogen (secondary N) is 1. The van der Waals surface area contributed by atoms with Crippen LogP contribution in [0.15, 0.2) is 18.3 Å². The number of nitrogens with zero attached hydrogens (tertiary/aromatic N) is 1. The van der Waals surface area contributed by atoms with Gasteiger partial charge in [0.2, 0.25) is 0 Å². The number of carbonyl (C=O) groups excluding carboxylic acids is 1. The molecule has 0 aromatic carbocycles. The van der Waals surface area contributed by atoms with Gasteiger partial charge in [-0.3, -0.25) is 9.78 Å². The van der Waals surface area contributed by atoms with Gasteiger partial charge >= 0.3 is 5.97 Å². The first-order chi connectivity index (χ1) is 9.98. The average molecular weight is 290 g/mol. The Morgan fingerprint density at radius 3 is 2.62 bits per heavy atom. The van der Waals surface area contributed by atoms with Crippen molar-refractivity contribution in [2.45, 2.75) is 51.5 Å². The Morgan fingerprint density at radius 2 is 2.10 bits per heavy atom. The number of aryl methyl sites for hydroxylation is 1. The molecule has 0 bridgehead atoms. The van der Waals surface area contributed by atoms with Gasteiger partial charge in [0.1, 0.15) is 11.2 Å². The molecule has 2 rings (SSSR count). The largest absolute Gasteiger partial charge is 0.480 e. The van der Waals surface area contributed by atoms with Gasteiger partial charge in [-0.25, -0.2) is 4.79 Å². The minimum atomic E-state index is -1.15. The van der Waals surface area contributed by atoms with E-state index in [9.17, 15) is 14.7 Å². The lowest BCUT2D eigenvalue weighted by Gasteiger charge is -2.37. The van der Waals surface area contributed by atoms with Crippen molar-refractivity contribution in [2.24, 2.45) is 5.92 Å². The van der Waals surface area contributed by atoms with Crippen LogP contribution in [0.3, 0.4) is 0 Å². The molecule has 2 N–H and O–H groups in total. The van der Waals surface area contributed by atoms with Crippen LogP contribution in [0.4, 0.5) is 0 Å². The van der Waals surface area contributed by atoms with E-state index in [1.165, 1.54) is 0 Å². The number of hydrogen-bond acceptors (Lipinski definition) is 3. The highest BCUT2D eigenvalue weighted by atomic mass is 16.4. The Morgan fingerprint density at radius 1 is 1.43 bits per heavy atom. The van der Waals surface area contributed by atoms with Gasteiger partial charge < -0.3 is 10.4 Å². The molecule has 0 spiro atoms. The molecule has 1 aliphatic carbocycles. The molecule has 0 aliphatic heterocycles. The van der Waals surface area contributed by atoms with Crippen molar-refractivity contribution < 1.29 is 14.7 Å². The predicted molar refractivity (Wildman–Crippen MR) is 79.1 cm³/mol. The van der Waals surface area contributed by atoms with Crippen molar-refractivity contribution in [3.05, 3.63) is 29.6 Å². The maximum absolute atomic E-state index is 12.4. The third-order valence-electron chi connectivity index (χ3n) is 4.52. The Bertz CT molecular complexity index is 534. The third kappa shape index (κ3) is 3.23. The monoisotopic (exact) mass is 290 g/mol. The van der Waals surface area contributed by atoms with Crippen molar-refractivity contribution >= 4 is 11.9 Å². The number of carboxylic acids is 1. The van der Waals surface area contributed by atoms with Gasteiger partial charge in [0.05, 0.1) is 0 Å². The first-order valence-corrected chi connectivity index (χ1v) is 7.46. The number of amides is 1. The minimum absolute atomic E-state index is 0.302. The molecular formula is C16H22N2O3. The van der Waals surface area contributed by atoms with E-state index in [1.54, 1.807) is 25.3 Å². The molecule has 21 heavy (non-hydrogen) atoms. The van der Waals surface area contributed by atoms with Crippen LogP contribution in [0.2, 0.25) is 0 Å². The summed E-state index contributed by atoms with van der Waals surface area (Å²) in [4.78, 5) is 28.1. The highest BCUT2D eigenvalue weighted by molar-refractivity contribution is 5.97. The molecule has 1 fully saturated rings. The van der Waals surface area contributed by atoms with Crippen molar-refractivity contribution in [1.82, 2.24) is 10.3 Å². The predicted octanol–water partition coefficient (Wildman–Crippen LogP) is 2.54. The Hall–Kier alpha value is -1.91. The molecule has 5 nitrogen and oxygen atoms in total. The molecule has 1 heterocycles. The second-order valence-electron chi connectivity index (χ2n) is 5.86. The molecule has 5 heteroatoms. The number of carbonyl (C=O) groups is 2. The van der Waals surface area contributed by atoms with Crippen LogP contribution in [-0.4, -0.2) is 27.5 Å². The van der Waals surface area contributed by atoms with Crippen molar-refractivity contribution in [3.8, 4) is 0 Å². The van der Waals surface area contributed by atoms with Crippen LogP contribution in [0.1, 0.15) is 55.1 Å². The summed E-state index contributed by atoms with van der Waals surface area (Å²) < 4.78 is 0. The van der Waals surface area contributed by atoms with Crippen molar-refractivity contribution in [1.29, 1.82) is 0 Å². The molecule has 0 unspecified atom stereocenters. The van der Waals surface area contributed by atoms with Crippen molar-refractivity contribution in [3.63, 3.8) is 0 Å². The number of hydrogen-bond donors (Lipinski definition) is 2. The van der Waals surface area contributed by atoms with Gasteiger partial charge in [-0.2, -0.15) is 0 Å². The second kappa shape index (κ2) is 6.24. The summed E-state index contributed by atoms with van der Waals surface area (Å²) in [5.74, 6) is -0.782. The lowest BCUT2D eigenvalue weighted by atomic mass is 9.75. The molecule has 114 valence electrons. The van der Waals surface area contributed by atoms with E-state index in [1.807, 2.05) is 0 Å². The van der Waals surface area contributed by atoms with E-state index in [0.717, 1.165) is 24.8 Å². The van der Waals surface area contributed by atoms with Gasteiger partial charge in [-0.15, -0.1) is 0 Å². The summed E-state index contributed by atoms with van der Waals surface area (Å²) in [6.45, 7) is 3.91. The number of aromatic nitrogens is 1. The maximum atomic E-state index is 12.4. The average Bonchev–Trinajstić information content (AvgIpc) is 2.48. The van der Waals surface area contributed by atoms with Gasteiger partial charge in [0, 0.05) is 6.20 Å². The zero-order valence-corrected chi connectivity index (χ0v) is 12.6. The summed E-state index contributed by atoms with van der Waals surface area (Å²) in [6, 6.07) is 3.55. The SMILES string of the molecule is CCC1CCC(NC(=O)c2ncccc2C)(C(=O)O)CC1. The van der Waals surface area contributed by atoms with Gasteiger partial charge in [-0.1, -0.05) is 19.4 Å². The molecular weight excluding hydrogens is 268 g/mol. The molecule has 1 saturated carbocycles. The van der Waals surface area contributed by atoms with Crippen LogP contribution >= 0.6 is 0 Å². The van der Waals surface area contributed by atoms with E-state index in [4.69, 9.17) is 0 Å². The van der Waals surface area contributed by atoms with Gasteiger partial charge in [-0.05, 0) is 50.2 Å². The van der Waals surface area contributed by atoms with E-state index in [0.29, 0.717) is 24.5 Å². The molecule has 1 aromatic heterocycles. The highest BCUT2D eigenvalue weighted by Crippen LogP contribution is 2.34. The van der Waals surface area contributed by atoms with E-state index in [-0.39, 0.29) is 0 Å². The minimum Gasteiger partial charge on any atom is -0.480 e. The smallest absolute Gasteiger partial charge is 0.329 e. The highest BCUT2D eigenvalue weighted by Gasteiger charge is 2.43. The van der Waals surface area contributed by atoms with Gasteiger partial charge in [0.15, 0.2) is 0 Å². The van der Waals surface area contributed by atoms with Crippen LogP contribution in [0.25, 0.3) is 0 Å². The third-order valence-corrected chi connectivity index (χ3v) is 4.52. The first-order valence-electron chi connectivity index (χ1n) is 7.46. The van der Waals surface area contributed by atoms with Crippen LogP contribution in [0, 0.1) is 12.8 Å². The Balaban J connectivity index is 2.16. The fourth-order valence-corrected chi connectivity index (χ4v) is 2.97. The quantitative estimate of drug-likeness (QED) is 0.893. The van der Waals surface area contributed by atoms with Gasteiger partial charge in [0.25, 0.3) is 5.91 Å². The summed E-state index contributed by atoms with van der Waals surface area (Å²) in [6.07, 6.45) is 5.25. The number of carboxylic acid groups (broad SMARTS) is 1. The molecule has 1 aliphatic rings. The lowest BCUT2D eigenvalue weighted by molar-refractivity contribution is -0.146. The van der Waals surface area contributed by atoms with Crippen molar-refractivity contribution in [2.75, 3.05) is 0 Å². The Labute approximate surface area is 124 Å². The first kappa shape index (κ1) is 15.5. The topological polar surface area (TPSA) is 79.3 Å². The van der Waals surface area contributed by atoms with E-state index in [2.05, 4.69) is 17.2 Å². The zero-order valence-electron chi connectivity index (χ0n) is 12.6. The van der Waals surface area contributed by atoms with E-state index >= 15 is 0 Å². The lowest BCUT2D eigenvalue weighted by Crippen LogP contribution is -2.56. The fraction of sp³-hybridized carbons (Fsp3) is 0.562. The summed E-state index contributed by atoms with van der Waals surface area (Å²) in [7, 11) is 0. The summed E-state index contributed by atoms with van der Waals surface area (Å²) in [5, 5.41) is 12.3. The molecule has 1 amide bonds. The second-order valence-corrected chi connectivity index (χ2v) is 5.86. The van der Waals surface area contributed by atoms with Crippen LogP contribution < -0.4 is 5.32 Å². The Kier molecular flexibility index (Phi) is 4.60. The molecule has 0 radical (unpaired) electrons. The summed E-state index contributed by atoms with van der Waals surface area (Å²) in [5.41, 5.74) is -0.0966. The normalized spacial score (nSPS) is 25.3. The number of aliphatic carboxylic acids is 1. The van der Waals surface area contributed by atoms with Crippen LogP contribution in [-0.2, 0) is 4.79 Å². The molecule has 0 atom stereocenters. The maximum Gasteiger partial charge on any atom is 0.329 e. The zero-order chi connectivity index (χ0) is 15.5. The molecule has 1 aromatic rings. The number of rotatable bonds is 4.